The van der Waals surface area contributed by atoms with Crippen LogP contribution in [0.4, 0.5) is 0 Å². The number of aromatic carboxylic acids is 1. The number of carboxylic acids is 1. The molecule has 4 rings (SSSR count). The average molecular weight is 296 g/mol. The summed E-state index contributed by atoms with van der Waals surface area (Å²) >= 11 is 1.25. The van der Waals surface area contributed by atoms with E-state index < -0.39 is 5.97 Å². The van der Waals surface area contributed by atoms with Crippen LogP contribution in [0.5, 0.6) is 0 Å². The second-order valence-corrected chi connectivity index (χ2v) is 6.22. The van der Waals surface area contributed by atoms with Crippen molar-refractivity contribution in [3.8, 4) is 10.6 Å². The van der Waals surface area contributed by atoms with Gasteiger partial charge in [-0.3, -0.25) is 4.98 Å². The normalized spacial score (nSPS) is 14.5. The molecule has 104 valence electrons. The zero-order chi connectivity index (χ0) is 14.4. The number of pyridine rings is 1. The van der Waals surface area contributed by atoms with E-state index in [2.05, 4.69) is 9.97 Å². The lowest BCUT2D eigenvalue weighted by Crippen LogP contribution is -1.97. The van der Waals surface area contributed by atoms with Gasteiger partial charge in [-0.1, -0.05) is 24.3 Å². The lowest BCUT2D eigenvalue weighted by molar-refractivity contribution is 0.0700. The van der Waals surface area contributed by atoms with Gasteiger partial charge in [0.05, 0.1) is 5.69 Å². The molecule has 1 N–H and O–H groups in total. The van der Waals surface area contributed by atoms with Crippen LogP contribution >= 0.6 is 11.3 Å². The highest BCUT2D eigenvalue weighted by Gasteiger charge is 2.32. The summed E-state index contributed by atoms with van der Waals surface area (Å²) in [5.74, 6) is -0.558. The van der Waals surface area contributed by atoms with Gasteiger partial charge in [-0.05, 0) is 18.2 Å². The maximum atomic E-state index is 11.4. The predicted molar refractivity (Wildman–Crippen MR) is 81.8 cm³/mol. The van der Waals surface area contributed by atoms with Gasteiger partial charge in [-0.25, -0.2) is 9.78 Å². The van der Waals surface area contributed by atoms with Gasteiger partial charge in [-0.2, -0.15) is 0 Å². The van der Waals surface area contributed by atoms with Gasteiger partial charge in [0.1, 0.15) is 9.88 Å². The van der Waals surface area contributed by atoms with Crippen LogP contribution in [0.3, 0.4) is 0 Å². The van der Waals surface area contributed by atoms with Crippen LogP contribution in [0.15, 0.2) is 36.7 Å². The summed E-state index contributed by atoms with van der Waals surface area (Å²) in [5.41, 5.74) is 1.66. The molecule has 2 heterocycles. The highest BCUT2D eigenvalue weighted by atomic mass is 32.1. The van der Waals surface area contributed by atoms with E-state index in [1.165, 1.54) is 11.3 Å². The van der Waals surface area contributed by atoms with Gasteiger partial charge in [0, 0.05) is 29.3 Å². The molecule has 1 aromatic carbocycles. The van der Waals surface area contributed by atoms with Crippen molar-refractivity contribution in [2.45, 2.75) is 18.8 Å². The molecule has 0 spiro atoms. The van der Waals surface area contributed by atoms with Crippen molar-refractivity contribution in [2.24, 2.45) is 0 Å². The molecule has 0 radical (unpaired) electrons. The molecule has 0 saturated heterocycles. The topological polar surface area (TPSA) is 63.1 Å². The van der Waals surface area contributed by atoms with Crippen molar-refractivity contribution in [3.05, 3.63) is 47.2 Å². The van der Waals surface area contributed by atoms with Gasteiger partial charge in [0.15, 0.2) is 0 Å². The first-order chi connectivity index (χ1) is 10.2. The van der Waals surface area contributed by atoms with Gasteiger partial charge in [-0.15, -0.1) is 11.3 Å². The number of hydrogen-bond acceptors (Lipinski definition) is 4. The Hall–Kier alpha value is -2.27. The Bertz CT molecular complexity index is 847. The fourth-order valence-corrected chi connectivity index (χ4v) is 3.53. The standard InChI is InChI=1S/C16H12N2O2S/c19-16(20)14-13(9-5-6-9)18-15(21-14)12-8-17-7-10-3-1-2-4-11(10)12/h1-4,7-9H,5-6H2,(H,19,20). The van der Waals surface area contributed by atoms with Crippen molar-refractivity contribution in [1.29, 1.82) is 0 Å². The van der Waals surface area contributed by atoms with Crippen molar-refractivity contribution >= 4 is 28.1 Å². The van der Waals surface area contributed by atoms with Crippen LogP contribution in [0.25, 0.3) is 21.3 Å². The highest BCUT2D eigenvalue weighted by Crippen LogP contribution is 2.44. The minimum absolute atomic E-state index is 0.323. The summed E-state index contributed by atoms with van der Waals surface area (Å²) in [7, 11) is 0. The first-order valence-corrected chi connectivity index (χ1v) is 7.63. The van der Waals surface area contributed by atoms with Crippen molar-refractivity contribution in [1.82, 2.24) is 9.97 Å². The molecule has 1 aliphatic rings. The Morgan fingerprint density at radius 3 is 2.81 bits per heavy atom. The third-order valence-electron chi connectivity index (χ3n) is 3.71. The third-order valence-corrected chi connectivity index (χ3v) is 4.80. The molecule has 1 fully saturated rings. The number of rotatable bonds is 3. The number of aromatic nitrogens is 2. The predicted octanol–water partition coefficient (Wildman–Crippen LogP) is 3.93. The van der Waals surface area contributed by atoms with Crippen LogP contribution in [-0.2, 0) is 0 Å². The number of fused-ring (bicyclic) bond motifs is 1. The smallest absolute Gasteiger partial charge is 0.347 e. The van der Waals surface area contributed by atoms with E-state index in [4.69, 9.17) is 0 Å². The van der Waals surface area contributed by atoms with Crippen LogP contribution in [0.1, 0.15) is 34.1 Å². The Kier molecular flexibility index (Phi) is 2.75. The zero-order valence-electron chi connectivity index (χ0n) is 11.1. The van der Waals surface area contributed by atoms with E-state index in [9.17, 15) is 9.90 Å². The number of carboxylic acid groups (broad SMARTS) is 1. The summed E-state index contributed by atoms with van der Waals surface area (Å²) in [6, 6.07) is 7.96. The summed E-state index contributed by atoms with van der Waals surface area (Å²) in [6.45, 7) is 0. The van der Waals surface area contributed by atoms with Crippen LogP contribution in [0.2, 0.25) is 0 Å². The molecule has 4 nitrogen and oxygen atoms in total. The Morgan fingerprint density at radius 2 is 2.05 bits per heavy atom. The number of benzene rings is 1. The van der Waals surface area contributed by atoms with Gasteiger partial charge in [0.25, 0.3) is 0 Å². The maximum absolute atomic E-state index is 11.4. The van der Waals surface area contributed by atoms with Gasteiger partial charge >= 0.3 is 5.97 Å². The Labute approximate surface area is 125 Å². The maximum Gasteiger partial charge on any atom is 0.347 e. The molecule has 1 aliphatic carbocycles. The van der Waals surface area contributed by atoms with Gasteiger partial charge in [0.2, 0.25) is 0 Å². The molecule has 0 atom stereocenters. The molecule has 0 aliphatic heterocycles. The van der Waals surface area contributed by atoms with Crippen molar-refractivity contribution in [3.63, 3.8) is 0 Å². The Balaban J connectivity index is 1.93. The minimum atomic E-state index is -0.881. The molecule has 1 saturated carbocycles. The lowest BCUT2D eigenvalue weighted by Gasteiger charge is -2.02. The molecule has 0 amide bonds. The second kappa shape index (κ2) is 4.63. The van der Waals surface area contributed by atoms with Gasteiger partial charge < -0.3 is 5.11 Å². The first kappa shape index (κ1) is 12.5. The molecule has 2 aromatic heterocycles. The third kappa shape index (κ3) is 2.10. The average Bonchev–Trinajstić information content (AvgIpc) is 3.25. The quantitative estimate of drug-likeness (QED) is 0.795. The molecular formula is C16H12N2O2S. The number of hydrogen-bond donors (Lipinski definition) is 1. The van der Waals surface area contributed by atoms with E-state index in [0.29, 0.717) is 10.8 Å². The summed E-state index contributed by atoms with van der Waals surface area (Å²) in [6.07, 6.45) is 5.66. The SMILES string of the molecule is O=C(O)c1sc(-c2cncc3ccccc23)nc1C1CC1. The minimum Gasteiger partial charge on any atom is -0.477 e. The summed E-state index contributed by atoms with van der Waals surface area (Å²) in [5, 5.41) is 12.2. The molecule has 3 aromatic rings. The van der Waals surface area contributed by atoms with Crippen molar-refractivity contribution < 1.29 is 9.90 Å². The van der Waals surface area contributed by atoms with E-state index >= 15 is 0 Å². The van der Waals surface area contributed by atoms with Crippen LogP contribution < -0.4 is 0 Å². The van der Waals surface area contributed by atoms with E-state index in [-0.39, 0.29) is 0 Å². The Morgan fingerprint density at radius 1 is 1.24 bits per heavy atom. The summed E-state index contributed by atoms with van der Waals surface area (Å²) < 4.78 is 0. The largest absolute Gasteiger partial charge is 0.477 e. The van der Waals surface area contributed by atoms with E-state index in [1.54, 1.807) is 6.20 Å². The van der Waals surface area contributed by atoms with Crippen LogP contribution in [-0.4, -0.2) is 21.0 Å². The number of nitrogens with zero attached hydrogens (tertiary/aromatic N) is 2. The first-order valence-electron chi connectivity index (χ1n) is 6.81. The molecule has 5 heteroatoms. The molecule has 21 heavy (non-hydrogen) atoms. The van der Waals surface area contributed by atoms with E-state index in [1.807, 2.05) is 30.5 Å². The number of thiazole rings is 1. The van der Waals surface area contributed by atoms with E-state index in [0.717, 1.165) is 39.9 Å². The lowest BCUT2D eigenvalue weighted by atomic mass is 10.1. The number of carbonyl (C=O) groups is 1. The zero-order valence-corrected chi connectivity index (χ0v) is 11.9. The molecule has 0 unspecified atom stereocenters. The monoisotopic (exact) mass is 296 g/mol. The summed E-state index contributed by atoms with van der Waals surface area (Å²) in [4.78, 5) is 20.7. The molecular weight excluding hydrogens is 284 g/mol. The van der Waals surface area contributed by atoms with Crippen LogP contribution in [0, 0.1) is 0 Å². The fourth-order valence-electron chi connectivity index (χ4n) is 2.52. The van der Waals surface area contributed by atoms with Crippen molar-refractivity contribution in [2.75, 3.05) is 0 Å². The second-order valence-electron chi connectivity index (χ2n) is 5.22. The fraction of sp³-hybridized carbons (Fsp3) is 0.188. The highest BCUT2D eigenvalue weighted by molar-refractivity contribution is 7.17. The molecule has 0 bridgehead atoms.